The smallest absolute Gasteiger partial charge is 0.248 e. The van der Waals surface area contributed by atoms with Gasteiger partial charge < -0.3 is 34.7 Å². The first kappa shape index (κ1) is 26.4. The van der Waals surface area contributed by atoms with Gasteiger partial charge >= 0.3 is 0 Å². The monoisotopic (exact) mass is 506 g/mol. The van der Waals surface area contributed by atoms with E-state index in [2.05, 4.69) is 10.4 Å². The summed E-state index contributed by atoms with van der Waals surface area (Å²) in [6.07, 6.45) is 2.62. The first-order valence-corrected chi connectivity index (χ1v) is 11.7. The number of aromatic nitrogens is 3. The van der Waals surface area contributed by atoms with Gasteiger partial charge in [-0.2, -0.15) is 5.10 Å². The number of nitrogens with one attached hydrogen (secondary N) is 1. The summed E-state index contributed by atoms with van der Waals surface area (Å²) in [5.74, 6) is 1.06. The lowest BCUT2D eigenvalue weighted by Gasteiger charge is -2.20. The third-order valence-electron chi connectivity index (χ3n) is 5.09. The molecule has 0 unspecified atom stereocenters. The Balaban J connectivity index is 1.80. The van der Waals surface area contributed by atoms with Crippen molar-refractivity contribution in [3.05, 3.63) is 47.7 Å². The van der Waals surface area contributed by atoms with Crippen LogP contribution in [0.15, 0.2) is 42.7 Å². The van der Waals surface area contributed by atoms with Gasteiger partial charge in [-0.1, -0.05) is 31.5 Å². The van der Waals surface area contributed by atoms with Crippen molar-refractivity contribution < 1.29 is 29.6 Å². The lowest BCUT2D eigenvalue weighted by molar-refractivity contribution is -0.119. The summed E-state index contributed by atoms with van der Waals surface area (Å²) < 4.78 is 14.2. The Bertz CT molecular complexity index is 1130. The molecule has 0 saturated heterocycles. The van der Waals surface area contributed by atoms with Crippen molar-refractivity contribution >= 4 is 23.3 Å². The van der Waals surface area contributed by atoms with Crippen LogP contribution in [0, 0.1) is 5.92 Å². The van der Waals surface area contributed by atoms with Crippen LogP contribution < -0.4 is 14.8 Å². The summed E-state index contributed by atoms with van der Waals surface area (Å²) in [5, 5.41) is 36.4. The summed E-state index contributed by atoms with van der Waals surface area (Å²) in [6.45, 7) is 5.95. The van der Waals surface area contributed by atoms with Crippen molar-refractivity contribution in [2.24, 2.45) is 5.92 Å². The van der Waals surface area contributed by atoms with Gasteiger partial charge in [0.05, 0.1) is 32.1 Å². The maximum Gasteiger partial charge on any atom is 0.248 e. The summed E-state index contributed by atoms with van der Waals surface area (Å²) in [7, 11) is 0. The van der Waals surface area contributed by atoms with Gasteiger partial charge in [-0.05, 0) is 31.4 Å². The molecule has 1 amide bonds. The maximum atomic E-state index is 13.2. The minimum absolute atomic E-state index is 0.0912. The number of aliphatic hydroxyl groups is 2. The van der Waals surface area contributed by atoms with Crippen LogP contribution in [0.25, 0.3) is 0 Å². The van der Waals surface area contributed by atoms with E-state index in [1.54, 1.807) is 36.7 Å². The maximum absolute atomic E-state index is 13.2. The van der Waals surface area contributed by atoms with Gasteiger partial charge in [-0.15, -0.1) is 0 Å². The molecule has 0 bridgehead atoms. The Morgan fingerprint density at radius 3 is 2.69 bits per heavy atom. The van der Waals surface area contributed by atoms with Crippen LogP contribution in [0.3, 0.4) is 0 Å². The molecule has 11 heteroatoms. The molecule has 4 N–H and O–H groups in total. The van der Waals surface area contributed by atoms with Crippen molar-refractivity contribution in [2.75, 3.05) is 18.5 Å². The largest absolute Gasteiger partial charge is 0.494 e. The summed E-state index contributed by atoms with van der Waals surface area (Å²) in [4.78, 5) is 13.2. The van der Waals surface area contributed by atoms with Crippen molar-refractivity contribution in [3.8, 4) is 23.1 Å². The Kier molecular flexibility index (Phi) is 9.02. The molecule has 0 spiro atoms. The molecule has 35 heavy (non-hydrogen) atoms. The van der Waals surface area contributed by atoms with Crippen molar-refractivity contribution in [3.63, 3.8) is 0 Å². The molecule has 0 saturated carbocycles. The number of rotatable bonds is 12. The number of aliphatic hydroxyl groups excluding tert-OH is 2. The third-order valence-corrected chi connectivity index (χ3v) is 5.46. The molecule has 0 fully saturated rings. The van der Waals surface area contributed by atoms with E-state index >= 15 is 0 Å². The molecule has 3 rings (SSSR count). The Labute approximate surface area is 208 Å². The topological polar surface area (TPSA) is 131 Å². The Hall–Kier alpha value is -3.21. The van der Waals surface area contributed by atoms with E-state index < -0.39 is 18.8 Å². The number of nitrogens with zero attached hydrogens (tertiary/aromatic N) is 3. The number of aromatic hydroxyl groups is 1. The van der Waals surface area contributed by atoms with Gasteiger partial charge in [-0.3, -0.25) is 9.48 Å². The van der Waals surface area contributed by atoms with E-state index in [1.807, 2.05) is 20.8 Å². The molecule has 2 aromatic heterocycles. The highest BCUT2D eigenvalue weighted by Gasteiger charge is 2.26. The molecule has 3 aromatic rings. The van der Waals surface area contributed by atoms with E-state index in [-0.39, 0.29) is 30.1 Å². The predicted molar refractivity (Wildman–Crippen MR) is 131 cm³/mol. The van der Waals surface area contributed by atoms with Gasteiger partial charge in [0, 0.05) is 18.3 Å². The minimum atomic E-state index is -0.954. The van der Waals surface area contributed by atoms with Gasteiger partial charge in [0.2, 0.25) is 5.91 Å². The normalized spacial score (nSPS) is 13.0. The molecule has 2 heterocycles. The quantitative estimate of drug-likeness (QED) is 0.294. The molecular weight excluding hydrogens is 476 g/mol. The molecule has 190 valence electrons. The predicted octanol–water partition coefficient (Wildman–Crippen LogP) is 3.81. The summed E-state index contributed by atoms with van der Waals surface area (Å²) in [6, 6.07) is 7.42. The van der Waals surface area contributed by atoms with Crippen LogP contribution in [0.2, 0.25) is 5.02 Å². The van der Waals surface area contributed by atoms with Crippen LogP contribution in [0.1, 0.15) is 33.2 Å². The molecule has 0 aliphatic carbocycles. The zero-order chi connectivity index (χ0) is 25.5. The fourth-order valence-corrected chi connectivity index (χ4v) is 3.74. The number of carbonyl (C=O) groups excluding carboxylic acids is 1. The van der Waals surface area contributed by atoms with Crippen molar-refractivity contribution in [2.45, 2.75) is 45.9 Å². The number of amides is 1. The second kappa shape index (κ2) is 12.0. The number of hydrogen-bond donors (Lipinski definition) is 4. The van der Waals surface area contributed by atoms with E-state index in [9.17, 15) is 15.0 Å². The minimum Gasteiger partial charge on any atom is -0.494 e. The van der Waals surface area contributed by atoms with E-state index in [0.717, 1.165) is 0 Å². The second-order valence-corrected chi connectivity index (χ2v) is 8.82. The zero-order valence-corrected chi connectivity index (χ0v) is 20.6. The summed E-state index contributed by atoms with van der Waals surface area (Å²) in [5.41, 5.74) is 0. The van der Waals surface area contributed by atoms with Gasteiger partial charge in [-0.25, -0.2) is 0 Å². The highest BCUT2D eigenvalue weighted by Crippen LogP contribution is 2.38. The number of halogens is 1. The molecule has 0 aliphatic heterocycles. The van der Waals surface area contributed by atoms with E-state index in [4.69, 9.17) is 26.2 Å². The number of carbonyl (C=O) groups is 1. The summed E-state index contributed by atoms with van der Waals surface area (Å²) >= 11 is 6.38. The molecule has 1 aromatic carbocycles. The highest BCUT2D eigenvalue weighted by molar-refractivity contribution is 6.33. The lowest BCUT2D eigenvalue weighted by atomic mass is 10.0. The van der Waals surface area contributed by atoms with E-state index in [1.165, 1.54) is 15.3 Å². The number of anilines is 1. The van der Waals surface area contributed by atoms with Crippen LogP contribution in [0.5, 0.6) is 23.1 Å². The number of ether oxygens (including phenoxy) is 2. The standard InChI is InChI=1S/C24H31ClN4O6/c1-4-34-19-6-5-7-20(23(19)25)35-17-11-22(32)29(13-17)18(10-15(2)3)24(33)26-21-8-9-28(27-21)12-16(31)14-30/h5-9,11,13,15-16,18,30-32H,4,10,12,14H2,1-3H3,(H,26,27,33)/t16-,18+/m1/s1. The molecule has 10 nitrogen and oxygen atoms in total. The van der Waals surface area contributed by atoms with Crippen molar-refractivity contribution in [1.29, 1.82) is 0 Å². The van der Waals surface area contributed by atoms with Crippen LogP contribution >= 0.6 is 11.6 Å². The SMILES string of the molecule is CCOc1cccc(Oc2cc(O)n([C@@H](CC(C)C)C(=O)Nc3ccn(C[C@@H](O)CO)n3)c2)c1Cl. The van der Waals surface area contributed by atoms with Crippen LogP contribution in [0.4, 0.5) is 5.82 Å². The first-order valence-electron chi connectivity index (χ1n) is 11.3. The van der Waals surface area contributed by atoms with Crippen LogP contribution in [-0.2, 0) is 11.3 Å². The van der Waals surface area contributed by atoms with Gasteiger partial charge in [0.1, 0.15) is 28.3 Å². The molecule has 2 atom stereocenters. The van der Waals surface area contributed by atoms with Crippen molar-refractivity contribution in [1.82, 2.24) is 14.3 Å². The zero-order valence-electron chi connectivity index (χ0n) is 19.9. The number of benzene rings is 1. The first-order chi connectivity index (χ1) is 16.7. The lowest BCUT2D eigenvalue weighted by Crippen LogP contribution is -2.27. The number of hydrogen-bond acceptors (Lipinski definition) is 7. The molecule has 0 aliphatic rings. The highest BCUT2D eigenvalue weighted by atomic mass is 35.5. The average molecular weight is 507 g/mol. The third kappa shape index (κ3) is 6.91. The Morgan fingerprint density at radius 1 is 1.26 bits per heavy atom. The van der Waals surface area contributed by atoms with E-state index in [0.29, 0.717) is 35.3 Å². The average Bonchev–Trinajstić information content (AvgIpc) is 3.40. The van der Waals surface area contributed by atoms with Gasteiger partial charge in [0.15, 0.2) is 11.7 Å². The second-order valence-electron chi connectivity index (χ2n) is 8.44. The fourth-order valence-electron chi connectivity index (χ4n) is 3.52. The fraction of sp³-hybridized carbons (Fsp3) is 0.417. The Morgan fingerprint density at radius 2 is 2.00 bits per heavy atom. The van der Waals surface area contributed by atoms with Crippen LogP contribution in [-0.4, -0.2) is 54.9 Å². The molecule has 0 radical (unpaired) electrons. The van der Waals surface area contributed by atoms with Gasteiger partial charge in [0.25, 0.3) is 0 Å². The molecular formula is C24H31ClN4O6.